The second-order valence-electron chi connectivity index (χ2n) is 5.59. The topological polar surface area (TPSA) is 72.2 Å². The number of fused-ring (bicyclic) bond motifs is 1. The number of nitrogens with two attached hydrogens (primary N) is 1. The van der Waals surface area contributed by atoms with E-state index in [0.29, 0.717) is 16.5 Å². The third-order valence-electron chi connectivity index (χ3n) is 4.10. The number of carbonyl (C=O) groups excluding carboxylic acids is 2. The molecule has 19 heavy (non-hydrogen) atoms. The molecule has 2 aliphatic carbocycles. The Morgan fingerprint density at radius 3 is 2.63 bits per heavy atom. The molecule has 0 bridgehead atoms. The van der Waals surface area contributed by atoms with Crippen LogP contribution in [0.1, 0.15) is 47.0 Å². The van der Waals surface area contributed by atoms with E-state index in [0.717, 1.165) is 37.7 Å². The van der Waals surface area contributed by atoms with Crippen molar-refractivity contribution in [1.82, 2.24) is 0 Å². The van der Waals surface area contributed by atoms with Crippen molar-refractivity contribution < 1.29 is 9.59 Å². The van der Waals surface area contributed by atoms with Gasteiger partial charge in [-0.15, -0.1) is 11.3 Å². The van der Waals surface area contributed by atoms with E-state index < -0.39 is 5.91 Å². The van der Waals surface area contributed by atoms with Gasteiger partial charge >= 0.3 is 0 Å². The normalized spacial score (nSPS) is 24.7. The summed E-state index contributed by atoms with van der Waals surface area (Å²) in [6.45, 7) is 2.07. The molecule has 0 radical (unpaired) electrons. The molecule has 0 saturated heterocycles. The Kier molecular flexibility index (Phi) is 3.09. The summed E-state index contributed by atoms with van der Waals surface area (Å²) in [6, 6.07) is 0. The predicted octanol–water partition coefficient (Wildman–Crippen LogP) is 2.32. The number of carbonyl (C=O) groups is 2. The van der Waals surface area contributed by atoms with Crippen molar-refractivity contribution in [1.29, 1.82) is 0 Å². The van der Waals surface area contributed by atoms with E-state index in [-0.39, 0.29) is 11.8 Å². The standard InChI is InChI=1S/C14H18N2O2S/c1-7-6-9(7)13(18)16-14-11(12(15)17)8-4-2-3-5-10(8)19-14/h7,9H,2-6H2,1H3,(H2,15,17)(H,16,18)/t7-,9-/m0/s1. The molecule has 3 rings (SSSR count). The molecule has 1 fully saturated rings. The monoisotopic (exact) mass is 278 g/mol. The first-order valence-electron chi connectivity index (χ1n) is 6.83. The van der Waals surface area contributed by atoms with Gasteiger partial charge in [0, 0.05) is 10.8 Å². The molecule has 0 unspecified atom stereocenters. The summed E-state index contributed by atoms with van der Waals surface area (Å²) < 4.78 is 0. The Morgan fingerprint density at radius 2 is 2.00 bits per heavy atom. The summed E-state index contributed by atoms with van der Waals surface area (Å²) in [5, 5.41) is 3.59. The van der Waals surface area contributed by atoms with Gasteiger partial charge in [0.05, 0.1) is 5.56 Å². The molecule has 2 atom stereocenters. The van der Waals surface area contributed by atoms with E-state index in [1.807, 2.05) is 0 Å². The minimum atomic E-state index is -0.418. The van der Waals surface area contributed by atoms with E-state index in [2.05, 4.69) is 12.2 Å². The molecule has 0 aliphatic heterocycles. The Hall–Kier alpha value is -1.36. The summed E-state index contributed by atoms with van der Waals surface area (Å²) >= 11 is 1.53. The van der Waals surface area contributed by atoms with Crippen LogP contribution < -0.4 is 11.1 Å². The van der Waals surface area contributed by atoms with Crippen molar-refractivity contribution in [3.05, 3.63) is 16.0 Å². The van der Waals surface area contributed by atoms with Crippen LogP contribution in [0.4, 0.5) is 5.00 Å². The van der Waals surface area contributed by atoms with Crippen LogP contribution in [0, 0.1) is 11.8 Å². The van der Waals surface area contributed by atoms with Crippen molar-refractivity contribution in [2.24, 2.45) is 17.6 Å². The van der Waals surface area contributed by atoms with Gasteiger partial charge in [-0.25, -0.2) is 0 Å². The number of anilines is 1. The molecule has 2 aliphatic rings. The lowest BCUT2D eigenvalue weighted by atomic mass is 9.95. The lowest BCUT2D eigenvalue weighted by molar-refractivity contribution is -0.117. The summed E-state index contributed by atoms with van der Waals surface area (Å²) in [5.41, 5.74) is 7.12. The van der Waals surface area contributed by atoms with E-state index in [1.54, 1.807) is 0 Å². The molecule has 4 nitrogen and oxygen atoms in total. The zero-order valence-electron chi connectivity index (χ0n) is 11.0. The molecule has 102 valence electrons. The first-order chi connectivity index (χ1) is 9.08. The number of primary amides is 1. The minimum absolute atomic E-state index is 0.0357. The molecule has 1 saturated carbocycles. The Labute approximate surface area is 116 Å². The molecular weight excluding hydrogens is 260 g/mol. The maximum absolute atomic E-state index is 12.0. The third kappa shape index (κ3) is 2.27. The summed E-state index contributed by atoms with van der Waals surface area (Å²) in [4.78, 5) is 24.9. The third-order valence-corrected chi connectivity index (χ3v) is 5.31. The second-order valence-corrected chi connectivity index (χ2v) is 6.69. The highest BCUT2D eigenvalue weighted by molar-refractivity contribution is 7.17. The molecule has 1 aromatic heterocycles. The van der Waals surface area contributed by atoms with Gasteiger partial charge in [-0.05, 0) is 43.6 Å². The lowest BCUT2D eigenvalue weighted by Crippen LogP contribution is -2.19. The zero-order valence-corrected chi connectivity index (χ0v) is 11.8. The number of nitrogens with one attached hydrogen (secondary N) is 1. The van der Waals surface area contributed by atoms with Crippen LogP contribution >= 0.6 is 11.3 Å². The number of hydrogen-bond donors (Lipinski definition) is 2. The summed E-state index contributed by atoms with van der Waals surface area (Å²) in [7, 11) is 0. The highest BCUT2D eigenvalue weighted by Crippen LogP contribution is 2.41. The van der Waals surface area contributed by atoms with Gasteiger partial charge in [0.25, 0.3) is 5.91 Å². The van der Waals surface area contributed by atoms with Crippen LogP contribution in [0.15, 0.2) is 0 Å². The van der Waals surface area contributed by atoms with Crippen LogP contribution in [-0.4, -0.2) is 11.8 Å². The Balaban J connectivity index is 1.89. The SMILES string of the molecule is C[C@H]1C[C@@H]1C(=O)Nc1sc2c(c1C(N)=O)CCCC2. The molecule has 0 aromatic carbocycles. The first kappa shape index (κ1) is 12.7. The van der Waals surface area contributed by atoms with Crippen molar-refractivity contribution in [3.8, 4) is 0 Å². The maximum atomic E-state index is 12.0. The van der Waals surface area contributed by atoms with E-state index in [4.69, 9.17) is 5.73 Å². The van der Waals surface area contributed by atoms with E-state index >= 15 is 0 Å². The fourth-order valence-corrected chi connectivity index (χ4v) is 4.10. The quantitative estimate of drug-likeness (QED) is 0.890. The van der Waals surface area contributed by atoms with Crippen LogP contribution in [-0.2, 0) is 17.6 Å². The largest absolute Gasteiger partial charge is 0.365 e. The van der Waals surface area contributed by atoms with E-state index in [9.17, 15) is 9.59 Å². The molecule has 1 aromatic rings. The van der Waals surface area contributed by atoms with Gasteiger partial charge in [-0.3, -0.25) is 9.59 Å². The van der Waals surface area contributed by atoms with Gasteiger partial charge in [0.15, 0.2) is 0 Å². The molecule has 1 heterocycles. The number of thiophene rings is 1. The van der Waals surface area contributed by atoms with Crippen LogP contribution in [0.25, 0.3) is 0 Å². The van der Waals surface area contributed by atoms with Gasteiger partial charge in [-0.1, -0.05) is 6.92 Å². The fraction of sp³-hybridized carbons (Fsp3) is 0.571. The average Bonchev–Trinajstić information content (AvgIpc) is 2.98. The lowest BCUT2D eigenvalue weighted by Gasteiger charge is -2.11. The molecule has 0 spiro atoms. The summed E-state index contributed by atoms with van der Waals surface area (Å²) in [5.74, 6) is 0.193. The first-order valence-corrected chi connectivity index (χ1v) is 7.64. The van der Waals surface area contributed by atoms with Crippen LogP contribution in [0.2, 0.25) is 0 Å². The number of rotatable bonds is 3. The minimum Gasteiger partial charge on any atom is -0.365 e. The highest BCUT2D eigenvalue weighted by atomic mass is 32.1. The number of aryl methyl sites for hydroxylation is 1. The Bertz CT molecular complexity index is 550. The fourth-order valence-electron chi connectivity index (χ4n) is 2.81. The predicted molar refractivity (Wildman–Crippen MR) is 75.4 cm³/mol. The maximum Gasteiger partial charge on any atom is 0.251 e. The van der Waals surface area contributed by atoms with Crippen molar-refractivity contribution in [2.45, 2.75) is 39.0 Å². The van der Waals surface area contributed by atoms with Crippen molar-refractivity contribution in [2.75, 3.05) is 5.32 Å². The molecule has 2 amide bonds. The highest BCUT2D eigenvalue weighted by Gasteiger charge is 2.39. The van der Waals surface area contributed by atoms with Gasteiger partial charge in [0.2, 0.25) is 5.91 Å². The number of amides is 2. The van der Waals surface area contributed by atoms with Crippen LogP contribution in [0.3, 0.4) is 0 Å². The van der Waals surface area contributed by atoms with Gasteiger partial charge in [-0.2, -0.15) is 0 Å². The zero-order chi connectivity index (χ0) is 13.6. The molecular formula is C14H18N2O2S. The summed E-state index contributed by atoms with van der Waals surface area (Å²) in [6.07, 6.45) is 5.09. The molecule has 3 N–H and O–H groups in total. The smallest absolute Gasteiger partial charge is 0.251 e. The molecule has 5 heteroatoms. The van der Waals surface area contributed by atoms with Crippen molar-refractivity contribution >= 4 is 28.2 Å². The van der Waals surface area contributed by atoms with Gasteiger partial charge < -0.3 is 11.1 Å². The van der Waals surface area contributed by atoms with Crippen LogP contribution in [0.5, 0.6) is 0 Å². The Morgan fingerprint density at radius 1 is 1.32 bits per heavy atom. The van der Waals surface area contributed by atoms with E-state index in [1.165, 1.54) is 16.2 Å². The van der Waals surface area contributed by atoms with Gasteiger partial charge in [0.1, 0.15) is 5.00 Å². The van der Waals surface area contributed by atoms with Crippen molar-refractivity contribution in [3.63, 3.8) is 0 Å². The number of hydrogen-bond acceptors (Lipinski definition) is 3. The second kappa shape index (κ2) is 4.63. The average molecular weight is 278 g/mol.